The van der Waals surface area contributed by atoms with Crippen molar-refractivity contribution in [2.75, 3.05) is 45.7 Å². The summed E-state index contributed by atoms with van der Waals surface area (Å²) in [6.45, 7) is 4.76. The van der Waals surface area contributed by atoms with Crippen molar-refractivity contribution in [3.05, 3.63) is 63.5 Å². The molecule has 1 N–H and O–H groups in total. The molecule has 34 heavy (non-hydrogen) atoms. The molecular formula is C25H31N5O3S. The van der Waals surface area contributed by atoms with Gasteiger partial charge < -0.3 is 24.6 Å². The van der Waals surface area contributed by atoms with Gasteiger partial charge in [-0.05, 0) is 50.3 Å². The number of hydrogen-bond acceptors (Lipinski definition) is 8. The normalized spacial score (nSPS) is 14.5. The molecule has 3 heterocycles. The SMILES string of the molecule is CNCCC(Oc1ccc(CN2CCN(C)c3nc(OC)ncc3C2=O)cc1)c1ccc(C)s1. The second kappa shape index (κ2) is 10.8. The van der Waals surface area contributed by atoms with Crippen LogP contribution in [-0.2, 0) is 6.54 Å². The van der Waals surface area contributed by atoms with Gasteiger partial charge in [-0.1, -0.05) is 12.1 Å². The van der Waals surface area contributed by atoms with Gasteiger partial charge in [0.05, 0.1) is 7.11 Å². The Morgan fingerprint density at radius 3 is 2.65 bits per heavy atom. The van der Waals surface area contributed by atoms with Crippen LogP contribution in [0.15, 0.2) is 42.6 Å². The van der Waals surface area contributed by atoms with Crippen LogP contribution in [0.25, 0.3) is 0 Å². The van der Waals surface area contributed by atoms with Crippen molar-refractivity contribution in [2.45, 2.75) is 26.0 Å². The third kappa shape index (κ3) is 5.48. The second-order valence-corrected chi connectivity index (χ2v) is 9.65. The highest BCUT2D eigenvalue weighted by Crippen LogP contribution is 2.30. The molecular weight excluding hydrogens is 450 g/mol. The Kier molecular flexibility index (Phi) is 7.64. The molecule has 0 radical (unpaired) electrons. The lowest BCUT2D eigenvalue weighted by molar-refractivity contribution is 0.0754. The summed E-state index contributed by atoms with van der Waals surface area (Å²) in [5, 5.41) is 3.21. The summed E-state index contributed by atoms with van der Waals surface area (Å²) in [5.74, 6) is 1.34. The van der Waals surface area contributed by atoms with Crippen LogP contribution in [0.5, 0.6) is 11.8 Å². The van der Waals surface area contributed by atoms with E-state index in [0.29, 0.717) is 31.0 Å². The zero-order chi connectivity index (χ0) is 24.1. The molecule has 1 amide bonds. The Morgan fingerprint density at radius 1 is 1.18 bits per heavy atom. The Labute approximate surface area is 204 Å². The van der Waals surface area contributed by atoms with Gasteiger partial charge in [0.1, 0.15) is 23.2 Å². The fourth-order valence-electron chi connectivity index (χ4n) is 3.92. The molecule has 0 bridgehead atoms. The number of aryl methyl sites for hydroxylation is 1. The summed E-state index contributed by atoms with van der Waals surface area (Å²) in [6.07, 6.45) is 2.45. The van der Waals surface area contributed by atoms with Crippen LogP contribution in [0.1, 0.15) is 38.2 Å². The van der Waals surface area contributed by atoms with E-state index >= 15 is 0 Å². The number of benzene rings is 1. The number of aromatic nitrogens is 2. The quantitative estimate of drug-likeness (QED) is 0.499. The van der Waals surface area contributed by atoms with Crippen LogP contribution in [0.4, 0.5) is 5.82 Å². The number of hydrogen-bond donors (Lipinski definition) is 1. The Morgan fingerprint density at radius 2 is 1.97 bits per heavy atom. The average Bonchev–Trinajstić information content (AvgIpc) is 3.25. The topological polar surface area (TPSA) is 79.8 Å². The van der Waals surface area contributed by atoms with E-state index in [4.69, 9.17) is 9.47 Å². The minimum absolute atomic E-state index is 0.00761. The third-order valence-corrected chi connectivity index (χ3v) is 6.92. The van der Waals surface area contributed by atoms with Gasteiger partial charge in [-0.2, -0.15) is 4.98 Å². The van der Waals surface area contributed by atoms with Gasteiger partial charge in [0.25, 0.3) is 5.91 Å². The Balaban J connectivity index is 1.46. The van der Waals surface area contributed by atoms with Crippen LogP contribution < -0.4 is 19.7 Å². The molecule has 3 aromatic rings. The van der Waals surface area contributed by atoms with Gasteiger partial charge >= 0.3 is 6.01 Å². The summed E-state index contributed by atoms with van der Waals surface area (Å²) in [5.41, 5.74) is 1.53. The molecule has 9 heteroatoms. The number of nitrogens with zero attached hydrogens (tertiary/aromatic N) is 4. The smallest absolute Gasteiger partial charge is 0.318 e. The predicted molar refractivity (Wildman–Crippen MR) is 134 cm³/mol. The molecule has 0 saturated heterocycles. The molecule has 0 spiro atoms. The highest BCUT2D eigenvalue weighted by Gasteiger charge is 2.27. The van der Waals surface area contributed by atoms with Crippen molar-refractivity contribution >= 4 is 23.1 Å². The van der Waals surface area contributed by atoms with Crippen molar-refractivity contribution in [1.82, 2.24) is 20.2 Å². The maximum atomic E-state index is 13.2. The number of ether oxygens (including phenoxy) is 2. The van der Waals surface area contributed by atoms with Crippen molar-refractivity contribution in [1.29, 1.82) is 0 Å². The van der Waals surface area contributed by atoms with Crippen molar-refractivity contribution in [3.63, 3.8) is 0 Å². The summed E-state index contributed by atoms with van der Waals surface area (Å²) >= 11 is 1.77. The van der Waals surface area contributed by atoms with E-state index < -0.39 is 0 Å². The van der Waals surface area contributed by atoms with Gasteiger partial charge in [0.2, 0.25) is 0 Å². The second-order valence-electron chi connectivity index (χ2n) is 8.33. The van der Waals surface area contributed by atoms with Crippen LogP contribution in [0.2, 0.25) is 0 Å². The first kappa shape index (κ1) is 24.0. The molecule has 1 unspecified atom stereocenters. The molecule has 0 fully saturated rings. The number of carbonyl (C=O) groups excluding carboxylic acids is 1. The standard InChI is InChI=1S/C25H31N5O3S/c1-17-5-10-22(34-17)21(11-12-26-2)33-19-8-6-18(7-9-19)16-30-14-13-29(3)23-20(24(30)31)15-27-25(28-23)32-4/h5-10,15,21,26H,11-14,16H2,1-4H3. The van der Waals surface area contributed by atoms with Crippen LogP contribution in [0, 0.1) is 6.92 Å². The fraction of sp³-hybridized carbons (Fsp3) is 0.400. The number of fused-ring (bicyclic) bond motifs is 1. The van der Waals surface area contributed by atoms with E-state index in [1.54, 1.807) is 17.5 Å². The minimum Gasteiger partial charge on any atom is -0.485 e. The number of rotatable bonds is 9. The van der Waals surface area contributed by atoms with Gasteiger partial charge in [-0.15, -0.1) is 11.3 Å². The number of amides is 1. The van der Waals surface area contributed by atoms with E-state index in [0.717, 1.165) is 24.3 Å². The number of thiophene rings is 1. The van der Waals surface area contributed by atoms with Crippen LogP contribution >= 0.6 is 11.3 Å². The molecule has 180 valence electrons. The zero-order valence-electron chi connectivity index (χ0n) is 20.1. The lowest BCUT2D eigenvalue weighted by Gasteiger charge is -2.22. The first-order valence-electron chi connectivity index (χ1n) is 11.4. The summed E-state index contributed by atoms with van der Waals surface area (Å²) in [4.78, 5) is 28.0. The summed E-state index contributed by atoms with van der Waals surface area (Å²) < 4.78 is 11.5. The van der Waals surface area contributed by atoms with Crippen LogP contribution in [-0.4, -0.2) is 61.6 Å². The third-order valence-electron chi connectivity index (χ3n) is 5.82. The molecule has 0 aliphatic carbocycles. The minimum atomic E-state index is -0.0810. The zero-order valence-corrected chi connectivity index (χ0v) is 20.9. The van der Waals surface area contributed by atoms with E-state index in [2.05, 4.69) is 34.3 Å². The molecule has 1 atom stereocenters. The Hall–Kier alpha value is -3.17. The molecule has 1 aliphatic heterocycles. The molecule has 4 rings (SSSR count). The van der Waals surface area contributed by atoms with E-state index in [1.165, 1.54) is 16.9 Å². The van der Waals surface area contributed by atoms with Gasteiger partial charge in [-0.25, -0.2) is 4.98 Å². The van der Waals surface area contributed by atoms with Crippen LogP contribution in [0.3, 0.4) is 0 Å². The molecule has 1 aromatic carbocycles. The summed E-state index contributed by atoms with van der Waals surface area (Å²) in [7, 11) is 5.40. The number of methoxy groups -OCH3 is 1. The molecule has 2 aromatic heterocycles. The monoisotopic (exact) mass is 481 g/mol. The largest absolute Gasteiger partial charge is 0.485 e. The molecule has 1 aliphatic rings. The maximum absolute atomic E-state index is 13.2. The van der Waals surface area contributed by atoms with E-state index in [-0.39, 0.29) is 18.0 Å². The number of carbonyl (C=O) groups is 1. The van der Waals surface area contributed by atoms with Crippen molar-refractivity contribution in [3.8, 4) is 11.8 Å². The molecule has 8 nitrogen and oxygen atoms in total. The lowest BCUT2D eigenvalue weighted by atomic mass is 10.1. The number of anilines is 1. The van der Waals surface area contributed by atoms with E-state index in [1.807, 2.05) is 48.2 Å². The van der Waals surface area contributed by atoms with Gasteiger partial charge in [0, 0.05) is 49.1 Å². The number of nitrogens with one attached hydrogen (secondary N) is 1. The molecule has 0 saturated carbocycles. The first-order valence-corrected chi connectivity index (χ1v) is 12.2. The predicted octanol–water partition coefficient (Wildman–Crippen LogP) is 3.68. The van der Waals surface area contributed by atoms with Gasteiger partial charge in [0.15, 0.2) is 0 Å². The Bertz CT molecular complexity index is 1120. The first-order chi connectivity index (χ1) is 16.5. The van der Waals surface area contributed by atoms with Gasteiger partial charge in [-0.3, -0.25) is 4.79 Å². The summed E-state index contributed by atoms with van der Waals surface area (Å²) in [6, 6.07) is 12.6. The highest BCUT2D eigenvalue weighted by molar-refractivity contribution is 7.12. The number of likely N-dealkylation sites (N-methyl/N-ethyl adjacent to an activating group) is 1. The highest BCUT2D eigenvalue weighted by atomic mass is 32.1. The van der Waals surface area contributed by atoms with Crippen molar-refractivity contribution in [2.24, 2.45) is 0 Å². The lowest BCUT2D eigenvalue weighted by Crippen LogP contribution is -2.33. The fourth-order valence-corrected chi connectivity index (χ4v) is 4.86. The average molecular weight is 482 g/mol. The van der Waals surface area contributed by atoms with E-state index in [9.17, 15) is 4.79 Å². The maximum Gasteiger partial charge on any atom is 0.318 e. The van der Waals surface area contributed by atoms with Crippen molar-refractivity contribution < 1.29 is 14.3 Å².